The Balaban J connectivity index is 1.11. The van der Waals surface area contributed by atoms with Crippen molar-refractivity contribution in [1.82, 2.24) is 31.1 Å². The Hall–Kier alpha value is -7.43. The lowest BCUT2D eigenvalue weighted by molar-refractivity contribution is -0.151. The van der Waals surface area contributed by atoms with Gasteiger partial charge in [-0.2, -0.15) is 0 Å². The summed E-state index contributed by atoms with van der Waals surface area (Å²) in [5, 5.41) is 75.3. The molecule has 77 heavy (non-hydrogen) atoms. The van der Waals surface area contributed by atoms with Crippen molar-refractivity contribution >= 4 is 41.4 Å². The van der Waals surface area contributed by atoms with Crippen LogP contribution in [0.2, 0.25) is 0 Å². The van der Waals surface area contributed by atoms with Gasteiger partial charge in [0.1, 0.15) is 53.4 Å². The molecule has 4 aromatic carbocycles. The minimum Gasteiger partial charge on any atom is -0.508 e. The number of β-amino-alcohol motifs (C(OH)–C–C–N with tert-alkyl or cyclic N) is 1. The molecule has 0 bridgehead atoms. The lowest BCUT2D eigenvalue weighted by Gasteiger charge is -2.39. The molecule has 2 heterocycles. The summed E-state index contributed by atoms with van der Waals surface area (Å²) >= 11 is 0. The van der Waals surface area contributed by atoms with Gasteiger partial charge in [0.2, 0.25) is 35.4 Å². The van der Waals surface area contributed by atoms with Crippen molar-refractivity contribution in [2.75, 3.05) is 26.2 Å². The van der Waals surface area contributed by atoms with Crippen LogP contribution in [0.5, 0.6) is 11.5 Å². The van der Waals surface area contributed by atoms with Crippen LogP contribution in [-0.2, 0) is 28.8 Å². The van der Waals surface area contributed by atoms with Crippen LogP contribution in [0.25, 0.3) is 22.3 Å². The Kier molecular flexibility index (Phi) is 19.9. The summed E-state index contributed by atoms with van der Waals surface area (Å²) in [7, 11) is 0. The van der Waals surface area contributed by atoms with Crippen LogP contribution in [0.4, 0.5) is 0 Å². The van der Waals surface area contributed by atoms with E-state index in [1.807, 2.05) is 48.5 Å². The molecule has 12 N–H and O–H groups in total. The molecule has 0 aliphatic carbocycles. The van der Waals surface area contributed by atoms with E-state index in [2.05, 4.69) is 28.2 Å². The molecule has 2 fully saturated rings. The molecule has 7 amide bonds. The molecule has 6 rings (SSSR count). The molecule has 4 aromatic rings. The van der Waals surface area contributed by atoms with Gasteiger partial charge in [-0.05, 0) is 104 Å². The number of carbonyl (C=O) groups is 7. The summed E-state index contributed by atoms with van der Waals surface area (Å²) in [6, 6.07) is 19.0. The number of carbonyl (C=O) groups excluding carboxylic acids is 7. The van der Waals surface area contributed by atoms with Crippen molar-refractivity contribution in [2.24, 2.45) is 11.7 Å². The molecular formula is C56H71N7O14. The number of unbranched alkanes of at least 4 members (excludes halogenated alkanes) is 2. The molecule has 6 unspecified atom stereocenters. The van der Waals surface area contributed by atoms with Crippen molar-refractivity contribution in [3.63, 3.8) is 0 Å². The number of amides is 7. The Bertz CT molecular complexity index is 2700. The molecular weight excluding hydrogens is 995 g/mol. The van der Waals surface area contributed by atoms with Crippen LogP contribution >= 0.6 is 0 Å². The van der Waals surface area contributed by atoms with Gasteiger partial charge in [0.25, 0.3) is 5.91 Å². The number of aromatic hydroxyl groups is 1. The molecule has 11 atom stereocenters. The number of benzene rings is 4. The number of nitrogens with zero attached hydrogens (tertiary/aromatic N) is 2. The highest BCUT2D eigenvalue weighted by molar-refractivity contribution is 5.99. The van der Waals surface area contributed by atoms with Gasteiger partial charge in [0.05, 0.1) is 31.5 Å². The first-order valence-corrected chi connectivity index (χ1v) is 25.8. The predicted molar refractivity (Wildman–Crippen MR) is 282 cm³/mol. The number of ether oxygens (including phenoxy) is 1. The molecule has 414 valence electrons. The minimum absolute atomic E-state index is 0.0319. The van der Waals surface area contributed by atoms with E-state index in [9.17, 15) is 64.2 Å². The van der Waals surface area contributed by atoms with E-state index in [0.29, 0.717) is 6.61 Å². The maximum Gasteiger partial charge on any atom is 0.251 e. The van der Waals surface area contributed by atoms with E-state index >= 15 is 0 Å². The third kappa shape index (κ3) is 14.7. The number of phenolic OH excluding ortho intramolecular Hbond substituents is 1. The largest absolute Gasteiger partial charge is 0.508 e. The second kappa shape index (κ2) is 26.1. The Morgan fingerprint density at radius 2 is 1.23 bits per heavy atom. The molecule has 21 heteroatoms. The highest BCUT2D eigenvalue weighted by Gasteiger charge is 2.50. The fourth-order valence-electron chi connectivity index (χ4n) is 9.55. The molecule has 0 radical (unpaired) electrons. The van der Waals surface area contributed by atoms with Gasteiger partial charge < -0.3 is 72.2 Å². The average Bonchev–Trinajstić information content (AvgIpc) is 4.02. The number of likely N-dealkylation sites (tertiary alicyclic amines) is 2. The van der Waals surface area contributed by atoms with Crippen LogP contribution in [-0.4, -0.2) is 162 Å². The molecule has 0 aromatic heterocycles. The fraction of sp³-hybridized carbons (Fsp3) is 0.446. The first-order valence-electron chi connectivity index (χ1n) is 25.8. The summed E-state index contributed by atoms with van der Waals surface area (Å²) in [6.07, 6.45) is -3.50. The quantitative estimate of drug-likeness (QED) is 0.0469. The van der Waals surface area contributed by atoms with Gasteiger partial charge in [-0.15, -0.1) is 0 Å². The number of primary amides is 1. The fourth-order valence-corrected chi connectivity index (χ4v) is 9.55. The lowest BCUT2D eigenvalue weighted by Crippen LogP contribution is -2.66. The van der Waals surface area contributed by atoms with Gasteiger partial charge in [0.15, 0.2) is 0 Å². The van der Waals surface area contributed by atoms with E-state index in [-0.39, 0.29) is 35.8 Å². The van der Waals surface area contributed by atoms with Crippen LogP contribution in [0.3, 0.4) is 0 Å². The Labute approximate surface area is 446 Å². The summed E-state index contributed by atoms with van der Waals surface area (Å²) in [4.78, 5) is 97.5. The van der Waals surface area contributed by atoms with Gasteiger partial charge in [-0.1, -0.05) is 87.4 Å². The van der Waals surface area contributed by atoms with Crippen LogP contribution in [0.15, 0.2) is 97.1 Å². The number of nitrogens with two attached hydrogens (primary N) is 1. The van der Waals surface area contributed by atoms with E-state index in [4.69, 9.17) is 10.5 Å². The summed E-state index contributed by atoms with van der Waals surface area (Å²) in [6.45, 7) is 6.88. The van der Waals surface area contributed by atoms with Crippen molar-refractivity contribution in [3.05, 3.63) is 108 Å². The molecule has 21 nitrogen and oxygen atoms in total. The standard InChI is InChI=1S/C56H71N7O14/c1-6-7-8-25-77-42-23-19-37(20-24-42)35-11-9-34(10-12-35)36-13-15-39(16-14-36)51(71)58-28-45(68)59-46(32(3)64)54(74)63-30-41(67)27-44(63)52(72)61-48(56(5,76)49(69)38-17-21-40(66)22-18-38)53(73)60-47(33(4)65)55(75)62-29-31(2)26-43(62)50(57)70/h9-24,31-33,41,43-44,46-49,64-67,69,76H,6-8,25-30H2,1-5H3,(H2,57,70)(H,58,71)(H,59,68)(H,60,73)(H,61,72)/t31-,32-,33-,41-,43?,44?,46?,47?,48?,49+,56?/m1/s1. The van der Waals surface area contributed by atoms with Crippen molar-refractivity contribution in [2.45, 2.75) is 127 Å². The Morgan fingerprint density at radius 3 is 1.77 bits per heavy atom. The summed E-state index contributed by atoms with van der Waals surface area (Å²) in [5.74, 6) is -6.29. The van der Waals surface area contributed by atoms with Gasteiger partial charge >= 0.3 is 0 Å². The zero-order chi connectivity index (χ0) is 56.3. The van der Waals surface area contributed by atoms with Gasteiger partial charge in [-0.3, -0.25) is 33.6 Å². The summed E-state index contributed by atoms with van der Waals surface area (Å²) in [5.41, 5.74) is 6.88. The van der Waals surface area contributed by atoms with Crippen molar-refractivity contribution in [1.29, 1.82) is 0 Å². The van der Waals surface area contributed by atoms with Crippen LogP contribution in [0, 0.1) is 5.92 Å². The second-order valence-electron chi connectivity index (χ2n) is 20.2. The second-order valence-corrected chi connectivity index (χ2v) is 20.2. The van der Waals surface area contributed by atoms with Crippen LogP contribution < -0.4 is 31.7 Å². The highest BCUT2D eigenvalue weighted by Crippen LogP contribution is 2.32. The molecule has 2 aliphatic rings. The number of phenols is 1. The zero-order valence-electron chi connectivity index (χ0n) is 43.8. The summed E-state index contributed by atoms with van der Waals surface area (Å²) < 4.78 is 5.83. The maximum atomic E-state index is 14.4. The number of rotatable bonds is 23. The van der Waals surface area contributed by atoms with E-state index in [1.165, 1.54) is 38.1 Å². The number of hydrogen-bond acceptors (Lipinski definition) is 14. The van der Waals surface area contributed by atoms with E-state index in [0.717, 1.165) is 64.0 Å². The van der Waals surface area contributed by atoms with E-state index in [1.54, 1.807) is 31.2 Å². The highest BCUT2D eigenvalue weighted by atomic mass is 16.5. The Morgan fingerprint density at radius 1 is 0.714 bits per heavy atom. The normalized spacial score (nSPS) is 20.3. The first kappa shape index (κ1) is 58.8. The van der Waals surface area contributed by atoms with Gasteiger partial charge in [0, 0.05) is 25.1 Å². The zero-order valence-corrected chi connectivity index (χ0v) is 43.8. The number of hydrogen-bond donors (Lipinski definition) is 11. The molecule has 0 saturated carbocycles. The van der Waals surface area contributed by atoms with Crippen molar-refractivity contribution < 1.29 is 68.9 Å². The third-order valence-corrected chi connectivity index (χ3v) is 14.0. The monoisotopic (exact) mass is 1070 g/mol. The lowest BCUT2D eigenvalue weighted by atomic mass is 9.85. The number of aliphatic hydroxyl groups excluding tert-OH is 4. The molecule has 0 spiro atoms. The predicted octanol–water partition coefficient (Wildman–Crippen LogP) is 1.41. The maximum absolute atomic E-state index is 14.4. The SMILES string of the molecule is CCCCCOc1ccc(-c2ccc(-c3ccc(C(=O)NCC(=O)NC(C(=O)N4C[C@H](O)CC4C(=O)NC(C(=O)NC(C(=O)N4C[C@H](C)CC4C(N)=O)[C@@H](C)O)C(C)(O)[C@@H](O)c4ccc(O)cc4)[C@@H](C)O)cc3)cc2)cc1. The number of nitrogens with one attached hydrogen (secondary N) is 4. The molecule has 2 saturated heterocycles. The van der Waals surface area contributed by atoms with Crippen LogP contribution in [0.1, 0.15) is 88.7 Å². The third-order valence-electron chi connectivity index (χ3n) is 14.0. The molecule has 2 aliphatic heterocycles. The number of aliphatic hydroxyl groups is 5. The first-order chi connectivity index (χ1) is 36.5. The van der Waals surface area contributed by atoms with Gasteiger partial charge in [-0.25, -0.2) is 0 Å². The topological polar surface area (TPSA) is 331 Å². The van der Waals surface area contributed by atoms with Crippen molar-refractivity contribution in [3.8, 4) is 33.8 Å². The minimum atomic E-state index is -2.67. The van der Waals surface area contributed by atoms with E-state index < -0.39 is 121 Å². The average molecular weight is 1070 g/mol. The smallest absolute Gasteiger partial charge is 0.251 e.